The van der Waals surface area contributed by atoms with E-state index in [1.54, 1.807) is 0 Å². The zero-order valence-corrected chi connectivity index (χ0v) is 12.3. The summed E-state index contributed by atoms with van der Waals surface area (Å²) in [6.45, 7) is 8.06. The van der Waals surface area contributed by atoms with E-state index < -0.39 is 0 Å². The number of nitrogens with one attached hydrogen (secondary N) is 1. The van der Waals surface area contributed by atoms with Crippen molar-refractivity contribution in [1.82, 2.24) is 9.27 Å². The first-order valence-corrected chi connectivity index (χ1v) is 7.23. The molecule has 5 heteroatoms. The van der Waals surface area contributed by atoms with Crippen LogP contribution in [0.5, 0.6) is 0 Å². The first-order chi connectivity index (χ1) is 8.52. The van der Waals surface area contributed by atoms with Gasteiger partial charge in [0.1, 0.15) is 5.00 Å². The number of hydrogen-bond donors (Lipinski definition) is 1. The van der Waals surface area contributed by atoms with Crippen LogP contribution in [-0.4, -0.2) is 35.3 Å². The summed E-state index contributed by atoms with van der Waals surface area (Å²) >= 11 is 1.36. The first kappa shape index (κ1) is 13.3. The van der Waals surface area contributed by atoms with Gasteiger partial charge in [-0.15, -0.1) is 0 Å². The summed E-state index contributed by atoms with van der Waals surface area (Å²) in [6.07, 6.45) is 1.21. The molecular formula is C13H21N3OS. The van der Waals surface area contributed by atoms with E-state index in [0.717, 1.165) is 29.3 Å². The third-order valence-corrected chi connectivity index (χ3v) is 4.42. The van der Waals surface area contributed by atoms with Gasteiger partial charge < -0.3 is 10.2 Å². The minimum absolute atomic E-state index is 0.129. The standard InChI is InChI=1S/C13H21N3OS/c1-8-5-9(2)7-16(6-8)13(17)11-10(3)15-18-12(11)14-4/h8-9,14H,5-7H2,1-4H3/t8-,9+. The van der Waals surface area contributed by atoms with Crippen LogP contribution in [0.15, 0.2) is 0 Å². The Kier molecular flexibility index (Phi) is 3.90. The van der Waals surface area contributed by atoms with Crippen LogP contribution in [0.2, 0.25) is 0 Å². The van der Waals surface area contributed by atoms with Gasteiger partial charge in [-0.25, -0.2) is 0 Å². The fourth-order valence-corrected chi connectivity index (χ4v) is 3.52. The normalized spacial score (nSPS) is 24.1. The highest BCUT2D eigenvalue weighted by Gasteiger charge is 2.29. The summed E-state index contributed by atoms with van der Waals surface area (Å²) < 4.78 is 4.27. The van der Waals surface area contributed by atoms with Crippen molar-refractivity contribution in [2.75, 3.05) is 25.5 Å². The third-order valence-electron chi connectivity index (χ3n) is 3.46. The highest BCUT2D eigenvalue weighted by molar-refractivity contribution is 7.10. The fourth-order valence-electron chi connectivity index (χ4n) is 2.78. The van der Waals surface area contributed by atoms with Crippen molar-refractivity contribution in [3.05, 3.63) is 11.3 Å². The van der Waals surface area contributed by atoms with Crippen LogP contribution in [0.4, 0.5) is 5.00 Å². The van der Waals surface area contributed by atoms with Crippen molar-refractivity contribution >= 4 is 22.4 Å². The van der Waals surface area contributed by atoms with Crippen LogP contribution in [0.1, 0.15) is 36.3 Å². The second-order valence-electron chi connectivity index (χ2n) is 5.38. The van der Waals surface area contributed by atoms with Crippen LogP contribution < -0.4 is 5.32 Å². The predicted molar refractivity (Wildman–Crippen MR) is 75.2 cm³/mol. The Hall–Kier alpha value is -1.10. The number of amides is 1. The minimum atomic E-state index is 0.129. The molecule has 2 rings (SSSR count). The lowest BCUT2D eigenvalue weighted by molar-refractivity contribution is 0.0623. The third kappa shape index (κ3) is 2.51. The Morgan fingerprint density at radius 3 is 2.56 bits per heavy atom. The van der Waals surface area contributed by atoms with Gasteiger partial charge in [0.05, 0.1) is 11.3 Å². The molecule has 4 nitrogen and oxygen atoms in total. The molecule has 0 saturated carbocycles. The average Bonchev–Trinajstić information content (AvgIpc) is 2.68. The number of anilines is 1. The number of hydrogen-bond acceptors (Lipinski definition) is 4. The number of nitrogens with zero attached hydrogens (tertiary/aromatic N) is 2. The molecule has 18 heavy (non-hydrogen) atoms. The zero-order chi connectivity index (χ0) is 13.3. The van der Waals surface area contributed by atoms with Crippen LogP contribution in [0.3, 0.4) is 0 Å². The molecular weight excluding hydrogens is 246 g/mol. The van der Waals surface area contributed by atoms with E-state index in [-0.39, 0.29) is 5.91 Å². The van der Waals surface area contributed by atoms with Gasteiger partial charge in [0.25, 0.3) is 5.91 Å². The van der Waals surface area contributed by atoms with E-state index >= 15 is 0 Å². The van der Waals surface area contributed by atoms with Gasteiger partial charge in [0.2, 0.25) is 0 Å². The van der Waals surface area contributed by atoms with Crippen molar-refractivity contribution in [2.24, 2.45) is 11.8 Å². The average molecular weight is 267 g/mol. The summed E-state index contributed by atoms with van der Waals surface area (Å²) in [5, 5.41) is 3.95. The van der Waals surface area contributed by atoms with E-state index in [1.807, 2.05) is 18.9 Å². The van der Waals surface area contributed by atoms with Crippen LogP contribution in [0, 0.1) is 18.8 Å². The maximum atomic E-state index is 12.6. The Bertz CT molecular complexity index is 433. The molecule has 1 fully saturated rings. The Morgan fingerprint density at radius 1 is 1.39 bits per heavy atom. The van der Waals surface area contributed by atoms with Crippen molar-refractivity contribution in [3.63, 3.8) is 0 Å². The maximum absolute atomic E-state index is 12.6. The SMILES string of the molecule is CNc1snc(C)c1C(=O)N1C[C@H](C)C[C@H](C)C1. The molecule has 1 saturated heterocycles. The molecule has 1 aromatic rings. The van der Waals surface area contributed by atoms with Gasteiger partial charge in [0.15, 0.2) is 0 Å². The van der Waals surface area contributed by atoms with Gasteiger partial charge in [-0.3, -0.25) is 4.79 Å². The fraction of sp³-hybridized carbons (Fsp3) is 0.692. The van der Waals surface area contributed by atoms with Gasteiger partial charge in [-0.2, -0.15) is 4.37 Å². The second kappa shape index (κ2) is 5.26. The summed E-state index contributed by atoms with van der Waals surface area (Å²) in [4.78, 5) is 14.6. The van der Waals surface area contributed by atoms with Gasteiger partial charge in [-0.05, 0) is 36.7 Å². The molecule has 2 atom stereocenters. The molecule has 0 spiro atoms. The van der Waals surface area contributed by atoms with Crippen molar-refractivity contribution < 1.29 is 4.79 Å². The number of aromatic nitrogens is 1. The predicted octanol–water partition coefficient (Wildman–Crippen LogP) is 2.61. The summed E-state index contributed by atoms with van der Waals surface area (Å²) in [7, 11) is 1.84. The number of aryl methyl sites for hydroxylation is 1. The lowest BCUT2D eigenvalue weighted by Crippen LogP contribution is -2.42. The molecule has 1 amide bonds. The van der Waals surface area contributed by atoms with Crippen LogP contribution >= 0.6 is 11.5 Å². The smallest absolute Gasteiger partial charge is 0.258 e. The Labute approximate surface area is 113 Å². The number of rotatable bonds is 2. The minimum Gasteiger partial charge on any atom is -0.378 e. The Morgan fingerprint density at radius 2 is 2.00 bits per heavy atom. The van der Waals surface area contributed by atoms with E-state index in [2.05, 4.69) is 23.5 Å². The molecule has 1 aliphatic rings. The van der Waals surface area contributed by atoms with Crippen LogP contribution in [-0.2, 0) is 0 Å². The molecule has 0 aromatic carbocycles. The molecule has 0 bridgehead atoms. The molecule has 1 aliphatic heterocycles. The van der Waals surface area contributed by atoms with Crippen molar-refractivity contribution in [3.8, 4) is 0 Å². The quantitative estimate of drug-likeness (QED) is 0.896. The first-order valence-electron chi connectivity index (χ1n) is 6.46. The monoisotopic (exact) mass is 267 g/mol. The van der Waals surface area contributed by atoms with E-state index in [4.69, 9.17) is 0 Å². The van der Waals surface area contributed by atoms with E-state index in [9.17, 15) is 4.79 Å². The summed E-state index contributed by atoms with van der Waals surface area (Å²) in [6, 6.07) is 0. The molecule has 100 valence electrons. The zero-order valence-electron chi connectivity index (χ0n) is 11.5. The number of piperidine rings is 1. The number of carbonyl (C=O) groups is 1. The van der Waals surface area contributed by atoms with E-state index in [0.29, 0.717) is 11.8 Å². The van der Waals surface area contributed by atoms with Gasteiger partial charge in [0, 0.05) is 20.1 Å². The van der Waals surface area contributed by atoms with Gasteiger partial charge >= 0.3 is 0 Å². The lowest BCUT2D eigenvalue weighted by Gasteiger charge is -2.35. The largest absolute Gasteiger partial charge is 0.378 e. The molecule has 1 aromatic heterocycles. The second-order valence-corrected chi connectivity index (χ2v) is 6.15. The number of likely N-dealkylation sites (tertiary alicyclic amines) is 1. The van der Waals surface area contributed by atoms with Crippen molar-refractivity contribution in [1.29, 1.82) is 0 Å². The van der Waals surface area contributed by atoms with Crippen molar-refractivity contribution in [2.45, 2.75) is 27.2 Å². The summed E-state index contributed by atoms with van der Waals surface area (Å²) in [5.41, 5.74) is 1.59. The van der Waals surface area contributed by atoms with E-state index in [1.165, 1.54) is 18.0 Å². The number of carbonyl (C=O) groups excluding carboxylic acids is 1. The summed E-state index contributed by atoms with van der Waals surface area (Å²) in [5.74, 6) is 1.30. The van der Waals surface area contributed by atoms with Crippen LogP contribution in [0.25, 0.3) is 0 Å². The highest BCUT2D eigenvalue weighted by atomic mass is 32.1. The molecule has 1 N–H and O–H groups in total. The molecule has 0 radical (unpaired) electrons. The Balaban J connectivity index is 2.22. The lowest BCUT2D eigenvalue weighted by atomic mass is 9.91. The topological polar surface area (TPSA) is 45.2 Å². The molecule has 2 heterocycles. The molecule has 0 unspecified atom stereocenters. The highest BCUT2D eigenvalue weighted by Crippen LogP contribution is 2.28. The van der Waals surface area contributed by atoms with Gasteiger partial charge in [-0.1, -0.05) is 13.8 Å². The maximum Gasteiger partial charge on any atom is 0.258 e. The molecule has 0 aliphatic carbocycles.